The van der Waals surface area contributed by atoms with Gasteiger partial charge in [-0.25, -0.2) is 0 Å². The van der Waals surface area contributed by atoms with Gasteiger partial charge in [-0.05, 0) is 36.8 Å². The van der Waals surface area contributed by atoms with E-state index in [9.17, 15) is 14.4 Å². The van der Waals surface area contributed by atoms with Crippen LogP contribution in [0.15, 0.2) is 30.3 Å². The fourth-order valence-corrected chi connectivity index (χ4v) is 2.29. The van der Waals surface area contributed by atoms with E-state index in [4.69, 9.17) is 5.11 Å². The van der Waals surface area contributed by atoms with Crippen LogP contribution in [0.4, 0.5) is 0 Å². The Kier molecular flexibility index (Phi) is 24.6. The summed E-state index contributed by atoms with van der Waals surface area (Å²) in [6, 6.07) is 10.6. The monoisotopic (exact) mass is 466 g/mol. The molecule has 0 unspecified atom stereocenters. The number of carboxylic acids is 1. The van der Waals surface area contributed by atoms with Gasteiger partial charge in [0.1, 0.15) is 5.78 Å². The first-order valence-electron chi connectivity index (χ1n) is 11.9. The van der Waals surface area contributed by atoms with E-state index in [0.717, 1.165) is 5.92 Å². The van der Waals surface area contributed by atoms with E-state index in [1.807, 2.05) is 41.5 Å². The third kappa shape index (κ3) is 32.1. The smallest absolute Gasteiger partial charge is 0.303 e. The summed E-state index contributed by atoms with van der Waals surface area (Å²) in [5.41, 5.74) is 1.44. The van der Waals surface area contributed by atoms with Crippen molar-refractivity contribution in [3.8, 4) is 0 Å². The Hall–Kier alpha value is -2.21. The van der Waals surface area contributed by atoms with Crippen molar-refractivity contribution in [2.45, 2.75) is 74.7 Å². The molecule has 0 saturated heterocycles. The summed E-state index contributed by atoms with van der Waals surface area (Å²) in [5, 5.41) is 13.4. The zero-order chi connectivity index (χ0) is 26.4. The van der Waals surface area contributed by atoms with Crippen LogP contribution in [0.3, 0.4) is 0 Å². The molecule has 0 aliphatic rings. The molecule has 0 aliphatic heterocycles. The Balaban J connectivity index is -0.000000368. The molecule has 0 fully saturated rings. The van der Waals surface area contributed by atoms with E-state index < -0.39 is 5.97 Å². The number of carboxylic acid groups (broad SMARTS) is 1. The van der Waals surface area contributed by atoms with Gasteiger partial charge in [0, 0.05) is 25.8 Å². The minimum atomic E-state index is -0.713. The Labute approximate surface area is 202 Å². The van der Waals surface area contributed by atoms with E-state index >= 15 is 0 Å². The fraction of sp³-hybridized carbons (Fsp3) is 0.667. The van der Waals surface area contributed by atoms with Crippen LogP contribution < -0.4 is 10.6 Å². The third-order valence-electron chi connectivity index (χ3n) is 3.94. The molecule has 33 heavy (non-hydrogen) atoms. The molecule has 0 radical (unpaired) electrons. The van der Waals surface area contributed by atoms with Crippen LogP contribution in [0.1, 0.15) is 73.8 Å². The van der Waals surface area contributed by atoms with Gasteiger partial charge >= 0.3 is 5.97 Å². The molecule has 3 N–H and O–H groups in total. The van der Waals surface area contributed by atoms with E-state index in [0.29, 0.717) is 18.9 Å². The molecule has 0 spiro atoms. The van der Waals surface area contributed by atoms with Crippen molar-refractivity contribution < 1.29 is 19.5 Å². The van der Waals surface area contributed by atoms with E-state index in [1.165, 1.54) is 12.0 Å². The Morgan fingerprint density at radius 3 is 1.48 bits per heavy atom. The molecule has 0 saturated carbocycles. The number of amides is 1. The van der Waals surface area contributed by atoms with Crippen LogP contribution >= 0.6 is 0 Å². The van der Waals surface area contributed by atoms with Crippen molar-refractivity contribution in [3.05, 3.63) is 35.9 Å². The van der Waals surface area contributed by atoms with Crippen LogP contribution in [-0.2, 0) is 20.8 Å². The van der Waals surface area contributed by atoms with Crippen LogP contribution in [-0.4, -0.2) is 43.4 Å². The predicted octanol–water partition coefficient (Wildman–Crippen LogP) is 5.21. The second-order valence-corrected chi connectivity index (χ2v) is 9.50. The summed E-state index contributed by atoms with van der Waals surface area (Å²) >= 11 is 0. The standard InChI is InChI=1S/C10H14.2C6H13NO.C5H10O2/c1-9(2)8-10-6-4-3-5-7-10;1-5(2)6(8)4-7-3;1-5(2)4-6(8)7-3;1-4(2)3-5(6)7/h3-7,9H,8H2,1-2H3;5,7H,4H2,1-3H3;5H,4H2,1-3H3,(H,7,8);4H,3H2,1-2H3,(H,6,7). The average molecular weight is 467 g/mol. The summed E-state index contributed by atoms with van der Waals surface area (Å²) in [6.07, 6.45) is 2.11. The fourth-order valence-electron chi connectivity index (χ4n) is 2.29. The van der Waals surface area contributed by atoms with Crippen LogP contribution in [0.25, 0.3) is 0 Å². The number of aliphatic carboxylic acids is 1. The highest BCUT2D eigenvalue weighted by atomic mass is 16.4. The van der Waals surface area contributed by atoms with Gasteiger partial charge < -0.3 is 15.7 Å². The maximum Gasteiger partial charge on any atom is 0.303 e. The quantitative estimate of drug-likeness (QED) is 0.464. The highest BCUT2D eigenvalue weighted by Gasteiger charge is 2.03. The largest absolute Gasteiger partial charge is 0.481 e. The highest BCUT2D eigenvalue weighted by Crippen LogP contribution is 2.06. The topological polar surface area (TPSA) is 95.5 Å². The second-order valence-electron chi connectivity index (χ2n) is 9.50. The first-order valence-corrected chi connectivity index (χ1v) is 11.9. The number of rotatable bonds is 9. The first kappa shape index (κ1) is 35.4. The maximum atomic E-state index is 10.7. The Bertz CT molecular complexity index is 612. The van der Waals surface area contributed by atoms with Gasteiger partial charge in [0.2, 0.25) is 5.91 Å². The summed E-state index contributed by atoms with van der Waals surface area (Å²) in [4.78, 5) is 31.0. The first-order chi connectivity index (χ1) is 15.3. The van der Waals surface area contributed by atoms with Crippen molar-refractivity contribution in [2.24, 2.45) is 23.7 Å². The van der Waals surface area contributed by atoms with Gasteiger partial charge in [-0.15, -0.1) is 0 Å². The molecular weight excluding hydrogens is 416 g/mol. The normalized spacial score (nSPS) is 9.88. The average Bonchev–Trinajstić information content (AvgIpc) is 2.68. The van der Waals surface area contributed by atoms with Crippen molar-refractivity contribution in [2.75, 3.05) is 20.6 Å². The Morgan fingerprint density at radius 2 is 1.27 bits per heavy atom. The minimum Gasteiger partial charge on any atom is -0.481 e. The lowest BCUT2D eigenvalue weighted by Crippen LogP contribution is -2.22. The predicted molar refractivity (Wildman–Crippen MR) is 139 cm³/mol. The number of likely N-dealkylation sites (N-methyl/N-ethyl adjacent to an activating group) is 1. The van der Waals surface area contributed by atoms with Crippen molar-refractivity contribution in [1.29, 1.82) is 0 Å². The highest BCUT2D eigenvalue weighted by molar-refractivity contribution is 5.82. The molecule has 0 atom stereocenters. The number of benzene rings is 1. The third-order valence-corrected chi connectivity index (χ3v) is 3.94. The van der Waals surface area contributed by atoms with Crippen LogP contribution in [0.5, 0.6) is 0 Å². The zero-order valence-electron chi connectivity index (χ0n) is 22.7. The number of ketones is 1. The minimum absolute atomic E-state index is 0.125. The van der Waals surface area contributed by atoms with Crippen molar-refractivity contribution in [3.63, 3.8) is 0 Å². The van der Waals surface area contributed by atoms with Gasteiger partial charge in [0.05, 0.1) is 6.54 Å². The zero-order valence-corrected chi connectivity index (χ0v) is 22.7. The lowest BCUT2D eigenvalue weighted by atomic mass is 10.0. The van der Waals surface area contributed by atoms with Gasteiger partial charge in [-0.3, -0.25) is 14.4 Å². The van der Waals surface area contributed by atoms with E-state index in [-0.39, 0.29) is 29.9 Å². The summed E-state index contributed by atoms with van der Waals surface area (Å²) in [5.74, 6) is 1.36. The number of carbonyl (C=O) groups is 3. The second kappa shape index (κ2) is 23.0. The van der Waals surface area contributed by atoms with E-state index in [1.54, 1.807) is 14.1 Å². The van der Waals surface area contributed by atoms with Crippen LogP contribution in [0, 0.1) is 23.7 Å². The molecule has 1 aromatic rings. The molecule has 192 valence electrons. The van der Waals surface area contributed by atoms with Crippen LogP contribution in [0.2, 0.25) is 0 Å². The number of hydrogen-bond acceptors (Lipinski definition) is 4. The summed E-state index contributed by atoms with van der Waals surface area (Å²) < 4.78 is 0. The lowest BCUT2D eigenvalue weighted by Gasteiger charge is -2.02. The number of hydrogen-bond donors (Lipinski definition) is 3. The molecule has 1 aromatic carbocycles. The lowest BCUT2D eigenvalue weighted by molar-refractivity contribution is -0.137. The molecule has 6 heteroatoms. The number of carbonyl (C=O) groups excluding carboxylic acids is 2. The molecule has 0 heterocycles. The molecule has 1 rings (SSSR count). The van der Waals surface area contributed by atoms with Gasteiger partial charge in [0.25, 0.3) is 0 Å². The number of Topliss-reactive ketones (excluding diaryl/α,β-unsaturated/α-hetero) is 1. The van der Waals surface area contributed by atoms with E-state index in [2.05, 4.69) is 54.8 Å². The SMILES string of the molecule is CC(C)CC(=O)O.CC(C)Cc1ccccc1.CNC(=O)CC(C)C.CNCC(=O)C(C)C. The molecule has 0 bridgehead atoms. The maximum absolute atomic E-state index is 10.7. The summed E-state index contributed by atoms with van der Waals surface area (Å²) in [6.45, 7) is 16.6. The van der Waals surface area contributed by atoms with Gasteiger partial charge in [-0.1, -0.05) is 85.7 Å². The number of nitrogens with one attached hydrogen (secondary N) is 2. The molecule has 6 nitrogen and oxygen atoms in total. The molecule has 0 aromatic heterocycles. The van der Waals surface area contributed by atoms with Gasteiger partial charge in [-0.2, -0.15) is 0 Å². The Morgan fingerprint density at radius 1 is 0.788 bits per heavy atom. The summed E-state index contributed by atoms with van der Waals surface area (Å²) in [7, 11) is 3.44. The van der Waals surface area contributed by atoms with Crippen molar-refractivity contribution >= 4 is 17.7 Å². The van der Waals surface area contributed by atoms with Crippen molar-refractivity contribution in [1.82, 2.24) is 10.6 Å². The van der Waals surface area contributed by atoms with Gasteiger partial charge in [0.15, 0.2) is 0 Å². The molecule has 0 aliphatic carbocycles. The molecular formula is C27H50N2O4. The molecule has 1 amide bonds.